The van der Waals surface area contributed by atoms with Crippen LogP contribution in [0.1, 0.15) is 31.7 Å². The van der Waals surface area contributed by atoms with Crippen molar-refractivity contribution in [3.63, 3.8) is 0 Å². The molecule has 6 nitrogen and oxygen atoms in total. The van der Waals surface area contributed by atoms with Crippen LogP contribution in [0.4, 0.5) is 0 Å². The molecular formula is C14H21NO5S. The van der Waals surface area contributed by atoms with Crippen LogP contribution in [0.3, 0.4) is 0 Å². The molecule has 2 N–H and O–H groups in total. The molecule has 0 aliphatic heterocycles. The smallest absolute Gasteiger partial charge is 0.284 e. The number of unbranched alkanes of at least 4 members (excludes halogenated alkanes) is 1. The Kier molecular flexibility index (Phi) is 8.84. The molecule has 1 aromatic carbocycles. The SMILES string of the molecule is CCCCC(COS(=O)O)C(=O)NOCc1ccccc1. The van der Waals surface area contributed by atoms with Crippen molar-refractivity contribution in [2.45, 2.75) is 32.8 Å². The minimum Gasteiger partial charge on any atom is -0.284 e. The minimum atomic E-state index is -2.36. The molecule has 0 saturated heterocycles. The number of hydroxylamine groups is 1. The lowest BCUT2D eigenvalue weighted by Gasteiger charge is -2.15. The quantitative estimate of drug-likeness (QED) is 0.511. The lowest BCUT2D eigenvalue weighted by molar-refractivity contribution is -0.140. The van der Waals surface area contributed by atoms with Crippen molar-refractivity contribution in [2.24, 2.45) is 5.92 Å². The van der Waals surface area contributed by atoms with Gasteiger partial charge in [-0.1, -0.05) is 50.1 Å². The molecule has 2 unspecified atom stereocenters. The Labute approximate surface area is 127 Å². The number of nitrogens with one attached hydrogen (secondary N) is 1. The molecule has 0 spiro atoms. The van der Waals surface area contributed by atoms with E-state index in [9.17, 15) is 9.00 Å². The number of hydrogen-bond acceptors (Lipinski definition) is 4. The average molecular weight is 315 g/mol. The predicted molar refractivity (Wildman–Crippen MR) is 79.1 cm³/mol. The first-order valence-corrected chi connectivity index (χ1v) is 7.86. The highest BCUT2D eigenvalue weighted by atomic mass is 32.2. The van der Waals surface area contributed by atoms with Crippen LogP contribution in [0, 0.1) is 5.92 Å². The van der Waals surface area contributed by atoms with Crippen molar-refractivity contribution < 1.29 is 22.6 Å². The van der Waals surface area contributed by atoms with Crippen molar-refractivity contribution in [2.75, 3.05) is 6.61 Å². The summed E-state index contributed by atoms with van der Waals surface area (Å²) in [7, 11) is 0. The van der Waals surface area contributed by atoms with Gasteiger partial charge in [-0.2, -0.15) is 4.21 Å². The summed E-state index contributed by atoms with van der Waals surface area (Å²) in [5, 5.41) is 0. The molecule has 0 aliphatic rings. The van der Waals surface area contributed by atoms with E-state index in [-0.39, 0.29) is 19.1 Å². The molecule has 0 aromatic heterocycles. The standard InChI is InChI=1S/C14H21NO5S/c1-2-3-9-13(11-20-21(17)18)14(16)15-19-10-12-7-5-4-6-8-12/h4-8,13H,2-3,9-11H2,1H3,(H,15,16)(H,17,18). The maximum absolute atomic E-state index is 12.0. The summed E-state index contributed by atoms with van der Waals surface area (Å²) >= 11 is -2.36. The molecule has 0 heterocycles. The number of rotatable bonds is 10. The van der Waals surface area contributed by atoms with Gasteiger partial charge in [0.1, 0.15) is 0 Å². The number of hydrogen-bond donors (Lipinski definition) is 2. The molecule has 0 saturated carbocycles. The second kappa shape index (κ2) is 10.4. The van der Waals surface area contributed by atoms with Crippen molar-refractivity contribution in [3.8, 4) is 0 Å². The molecule has 0 aliphatic carbocycles. The van der Waals surface area contributed by atoms with Gasteiger partial charge in [-0.15, -0.1) is 0 Å². The van der Waals surface area contributed by atoms with Crippen LogP contribution in [0.25, 0.3) is 0 Å². The zero-order chi connectivity index (χ0) is 15.5. The summed E-state index contributed by atoms with van der Waals surface area (Å²) < 4.78 is 23.7. The third-order valence-electron chi connectivity index (χ3n) is 2.90. The van der Waals surface area contributed by atoms with E-state index in [1.54, 1.807) is 0 Å². The van der Waals surface area contributed by atoms with Gasteiger partial charge < -0.3 is 0 Å². The zero-order valence-electron chi connectivity index (χ0n) is 12.0. The van der Waals surface area contributed by atoms with E-state index >= 15 is 0 Å². The fraction of sp³-hybridized carbons (Fsp3) is 0.500. The minimum absolute atomic E-state index is 0.107. The third-order valence-corrected chi connectivity index (χ3v) is 3.24. The summed E-state index contributed by atoms with van der Waals surface area (Å²) in [4.78, 5) is 17.1. The Bertz CT molecular complexity index is 440. The molecule has 0 bridgehead atoms. The molecule has 0 fully saturated rings. The Morgan fingerprint density at radius 3 is 2.71 bits per heavy atom. The van der Waals surface area contributed by atoms with E-state index in [0.29, 0.717) is 6.42 Å². The number of carbonyl (C=O) groups excluding carboxylic acids is 1. The molecule has 1 aromatic rings. The van der Waals surface area contributed by atoms with E-state index in [1.165, 1.54) is 0 Å². The lowest BCUT2D eigenvalue weighted by Crippen LogP contribution is -2.33. The molecule has 118 valence electrons. The van der Waals surface area contributed by atoms with Gasteiger partial charge in [0.25, 0.3) is 0 Å². The zero-order valence-corrected chi connectivity index (χ0v) is 12.8. The second-order valence-corrected chi connectivity index (χ2v) is 5.25. The van der Waals surface area contributed by atoms with Gasteiger partial charge in [0.2, 0.25) is 5.91 Å². The first-order chi connectivity index (χ1) is 10.1. The fourth-order valence-electron chi connectivity index (χ4n) is 1.73. The molecule has 7 heteroatoms. The average Bonchev–Trinajstić information content (AvgIpc) is 2.48. The molecule has 2 atom stereocenters. The van der Waals surface area contributed by atoms with Crippen molar-refractivity contribution in [1.82, 2.24) is 5.48 Å². The van der Waals surface area contributed by atoms with Crippen molar-refractivity contribution >= 4 is 17.3 Å². The first-order valence-electron chi connectivity index (χ1n) is 6.83. The van der Waals surface area contributed by atoms with E-state index in [1.807, 2.05) is 37.3 Å². The van der Waals surface area contributed by atoms with Crippen LogP contribution >= 0.6 is 0 Å². The fourth-order valence-corrected chi connectivity index (χ4v) is 2.01. The summed E-state index contributed by atoms with van der Waals surface area (Å²) in [6.07, 6.45) is 2.34. The molecule has 1 amide bonds. The first kappa shape index (κ1) is 17.8. The van der Waals surface area contributed by atoms with Gasteiger partial charge in [-0.25, -0.2) is 5.48 Å². The van der Waals surface area contributed by atoms with Crippen molar-refractivity contribution in [1.29, 1.82) is 0 Å². The van der Waals surface area contributed by atoms with Crippen molar-refractivity contribution in [3.05, 3.63) is 35.9 Å². The lowest BCUT2D eigenvalue weighted by atomic mass is 10.0. The number of carbonyl (C=O) groups is 1. The van der Waals surface area contributed by atoms with Crippen LogP contribution in [0.5, 0.6) is 0 Å². The Balaban J connectivity index is 2.38. The predicted octanol–water partition coefficient (Wildman–Crippen LogP) is 2.19. The van der Waals surface area contributed by atoms with Crippen LogP contribution in [0.15, 0.2) is 30.3 Å². The van der Waals surface area contributed by atoms with Gasteiger partial charge in [-0.05, 0) is 12.0 Å². The normalized spacial score (nSPS) is 13.6. The summed E-state index contributed by atoms with van der Waals surface area (Å²) in [5.41, 5.74) is 3.30. The summed E-state index contributed by atoms with van der Waals surface area (Å²) in [6.45, 7) is 2.16. The Hall–Kier alpha value is -1.28. The molecule has 0 radical (unpaired) electrons. The van der Waals surface area contributed by atoms with E-state index in [4.69, 9.17) is 9.39 Å². The maximum atomic E-state index is 12.0. The Morgan fingerprint density at radius 1 is 1.38 bits per heavy atom. The van der Waals surface area contributed by atoms with Gasteiger partial charge in [-0.3, -0.25) is 18.4 Å². The van der Waals surface area contributed by atoms with Gasteiger partial charge in [0.15, 0.2) is 0 Å². The van der Waals surface area contributed by atoms with Crippen LogP contribution in [-0.2, 0) is 31.8 Å². The van der Waals surface area contributed by atoms with Crippen LogP contribution < -0.4 is 5.48 Å². The second-order valence-electron chi connectivity index (χ2n) is 4.58. The van der Waals surface area contributed by atoms with Gasteiger partial charge >= 0.3 is 11.4 Å². The van der Waals surface area contributed by atoms with E-state index < -0.39 is 17.3 Å². The van der Waals surface area contributed by atoms with Gasteiger partial charge in [0, 0.05) is 0 Å². The number of amides is 1. The highest BCUT2D eigenvalue weighted by molar-refractivity contribution is 7.74. The van der Waals surface area contributed by atoms with Crippen LogP contribution in [0.2, 0.25) is 0 Å². The highest BCUT2D eigenvalue weighted by Gasteiger charge is 2.19. The third kappa shape index (κ3) is 7.91. The van der Waals surface area contributed by atoms with Crippen LogP contribution in [-0.4, -0.2) is 21.3 Å². The molecule has 21 heavy (non-hydrogen) atoms. The molecular weight excluding hydrogens is 294 g/mol. The largest absolute Gasteiger partial charge is 0.301 e. The highest BCUT2D eigenvalue weighted by Crippen LogP contribution is 2.10. The van der Waals surface area contributed by atoms with Gasteiger partial charge in [0.05, 0.1) is 19.1 Å². The maximum Gasteiger partial charge on any atom is 0.301 e. The summed E-state index contributed by atoms with van der Waals surface area (Å²) in [5.74, 6) is -0.846. The Morgan fingerprint density at radius 2 is 2.10 bits per heavy atom. The summed E-state index contributed by atoms with van der Waals surface area (Å²) in [6, 6.07) is 9.44. The monoisotopic (exact) mass is 315 g/mol. The molecule has 1 rings (SSSR count). The van der Waals surface area contributed by atoms with E-state index in [0.717, 1.165) is 18.4 Å². The topological polar surface area (TPSA) is 84.9 Å². The number of benzene rings is 1. The van der Waals surface area contributed by atoms with E-state index in [2.05, 4.69) is 9.66 Å².